The Kier molecular flexibility index (Phi) is 6.17. The summed E-state index contributed by atoms with van der Waals surface area (Å²) in [6.45, 7) is 3.80. The van der Waals surface area contributed by atoms with Gasteiger partial charge in [0.2, 0.25) is 5.91 Å². The molecule has 2 heterocycles. The van der Waals surface area contributed by atoms with Gasteiger partial charge in [0, 0.05) is 45.3 Å². The largest absolute Gasteiger partial charge is 0.496 e. The van der Waals surface area contributed by atoms with E-state index in [4.69, 9.17) is 13.9 Å². The van der Waals surface area contributed by atoms with Crippen molar-refractivity contribution >= 4 is 39.0 Å². The van der Waals surface area contributed by atoms with Crippen molar-refractivity contribution in [2.45, 2.75) is 13.8 Å². The standard InChI is InChI=1S/C30H26N2O4/c1-18(13-30(33)32-26-14-19(2)31-25-11-7-5-10-21(25)26)22-15-23-24(17-36-29(23)16-28(22)35-4)20-9-6-8-12-27(20)34-3/h5-17H,1-4H3,(H,31,32,33)/b18-13+. The zero-order valence-corrected chi connectivity index (χ0v) is 20.6. The summed E-state index contributed by atoms with van der Waals surface area (Å²) in [5.74, 6) is 1.14. The topological polar surface area (TPSA) is 73.6 Å². The van der Waals surface area contributed by atoms with Crippen LogP contribution in [0, 0.1) is 6.92 Å². The number of hydrogen-bond donors (Lipinski definition) is 1. The molecule has 0 saturated heterocycles. The average molecular weight is 479 g/mol. The Balaban J connectivity index is 1.53. The van der Waals surface area contributed by atoms with Crippen LogP contribution in [0.1, 0.15) is 18.2 Å². The number of furan rings is 1. The van der Waals surface area contributed by atoms with Crippen molar-refractivity contribution in [1.29, 1.82) is 0 Å². The highest BCUT2D eigenvalue weighted by Gasteiger charge is 2.17. The first-order valence-corrected chi connectivity index (χ1v) is 11.6. The molecule has 6 heteroatoms. The molecular formula is C30H26N2O4. The number of methoxy groups -OCH3 is 2. The molecule has 0 radical (unpaired) electrons. The third kappa shape index (κ3) is 4.29. The fourth-order valence-electron chi connectivity index (χ4n) is 4.46. The number of fused-ring (bicyclic) bond motifs is 2. The SMILES string of the molecule is COc1cc2occ(-c3ccccc3OC)c2cc1/C(C)=C/C(=O)Nc1cc(C)nc2ccccc12. The van der Waals surface area contributed by atoms with Crippen LogP contribution < -0.4 is 14.8 Å². The third-order valence-corrected chi connectivity index (χ3v) is 6.17. The van der Waals surface area contributed by atoms with E-state index in [-0.39, 0.29) is 5.91 Å². The van der Waals surface area contributed by atoms with Crippen LogP contribution in [0.4, 0.5) is 5.69 Å². The molecular weight excluding hydrogens is 452 g/mol. The lowest BCUT2D eigenvalue weighted by molar-refractivity contribution is -0.111. The summed E-state index contributed by atoms with van der Waals surface area (Å²) in [6.07, 6.45) is 3.30. The van der Waals surface area contributed by atoms with Crippen LogP contribution in [0.2, 0.25) is 0 Å². The predicted octanol–water partition coefficient (Wildman–Crippen LogP) is 7.02. The number of nitrogens with one attached hydrogen (secondary N) is 1. The van der Waals surface area contributed by atoms with Crippen LogP contribution >= 0.6 is 0 Å². The van der Waals surface area contributed by atoms with Crippen molar-refractivity contribution < 1.29 is 18.7 Å². The molecule has 0 aliphatic carbocycles. The Morgan fingerprint density at radius 3 is 2.47 bits per heavy atom. The van der Waals surface area contributed by atoms with Crippen molar-refractivity contribution in [3.05, 3.63) is 90.3 Å². The summed E-state index contributed by atoms with van der Waals surface area (Å²) < 4.78 is 17.0. The van der Waals surface area contributed by atoms with E-state index in [1.807, 2.05) is 80.6 Å². The van der Waals surface area contributed by atoms with Gasteiger partial charge in [0.25, 0.3) is 0 Å². The minimum Gasteiger partial charge on any atom is -0.496 e. The number of allylic oxidation sites excluding steroid dienone is 1. The number of anilines is 1. The van der Waals surface area contributed by atoms with Crippen molar-refractivity contribution in [3.8, 4) is 22.6 Å². The molecule has 180 valence electrons. The molecule has 2 aromatic heterocycles. The Morgan fingerprint density at radius 1 is 0.917 bits per heavy atom. The molecule has 0 aliphatic heterocycles. The first-order chi connectivity index (χ1) is 17.5. The Labute approximate surface area is 209 Å². The molecule has 0 aliphatic rings. The highest BCUT2D eigenvalue weighted by atomic mass is 16.5. The van der Waals surface area contributed by atoms with E-state index in [2.05, 4.69) is 10.3 Å². The van der Waals surface area contributed by atoms with Gasteiger partial charge >= 0.3 is 0 Å². The van der Waals surface area contributed by atoms with E-state index < -0.39 is 0 Å². The number of aromatic nitrogens is 1. The van der Waals surface area contributed by atoms with Gasteiger partial charge in [-0.3, -0.25) is 9.78 Å². The molecule has 36 heavy (non-hydrogen) atoms. The molecule has 0 saturated carbocycles. The number of nitrogens with zero attached hydrogens (tertiary/aromatic N) is 1. The lowest BCUT2D eigenvalue weighted by atomic mass is 9.98. The van der Waals surface area contributed by atoms with Gasteiger partial charge < -0.3 is 19.2 Å². The second kappa shape index (κ2) is 9.58. The minimum absolute atomic E-state index is 0.234. The van der Waals surface area contributed by atoms with Crippen LogP contribution in [0.25, 0.3) is 38.6 Å². The number of aryl methyl sites for hydroxylation is 1. The lowest BCUT2D eigenvalue weighted by Gasteiger charge is -2.12. The minimum atomic E-state index is -0.234. The Morgan fingerprint density at radius 2 is 1.67 bits per heavy atom. The lowest BCUT2D eigenvalue weighted by Crippen LogP contribution is -2.09. The second-order valence-corrected chi connectivity index (χ2v) is 8.54. The van der Waals surface area contributed by atoms with Gasteiger partial charge in [-0.15, -0.1) is 0 Å². The van der Waals surface area contributed by atoms with E-state index in [1.54, 1.807) is 26.6 Å². The van der Waals surface area contributed by atoms with Gasteiger partial charge in [-0.2, -0.15) is 0 Å². The molecule has 0 unspecified atom stereocenters. The maximum absolute atomic E-state index is 13.1. The second-order valence-electron chi connectivity index (χ2n) is 8.54. The van der Waals surface area contributed by atoms with Crippen LogP contribution in [-0.2, 0) is 4.79 Å². The normalized spacial score (nSPS) is 11.6. The number of rotatable bonds is 6. The smallest absolute Gasteiger partial charge is 0.248 e. The van der Waals surface area contributed by atoms with Gasteiger partial charge in [-0.1, -0.05) is 36.4 Å². The van der Waals surface area contributed by atoms with E-state index in [0.717, 1.165) is 55.7 Å². The summed E-state index contributed by atoms with van der Waals surface area (Å²) >= 11 is 0. The number of ether oxygens (including phenoxy) is 2. The zero-order valence-electron chi connectivity index (χ0n) is 20.6. The molecule has 5 aromatic rings. The third-order valence-electron chi connectivity index (χ3n) is 6.17. The number of carbonyl (C=O) groups excluding carboxylic acids is 1. The summed E-state index contributed by atoms with van der Waals surface area (Å²) in [4.78, 5) is 17.6. The Bertz CT molecular complexity index is 1630. The fraction of sp³-hybridized carbons (Fsp3) is 0.133. The van der Waals surface area contributed by atoms with E-state index in [0.29, 0.717) is 11.3 Å². The molecule has 1 amide bonds. The number of carbonyl (C=O) groups is 1. The molecule has 0 bridgehead atoms. The van der Waals surface area contributed by atoms with Crippen molar-refractivity contribution in [3.63, 3.8) is 0 Å². The maximum atomic E-state index is 13.1. The van der Waals surface area contributed by atoms with Crippen LogP contribution in [0.3, 0.4) is 0 Å². The number of hydrogen-bond acceptors (Lipinski definition) is 5. The molecule has 1 N–H and O–H groups in total. The van der Waals surface area contributed by atoms with E-state index >= 15 is 0 Å². The first-order valence-electron chi connectivity index (χ1n) is 11.6. The number of pyridine rings is 1. The summed E-state index contributed by atoms with van der Waals surface area (Å²) in [5, 5.41) is 4.81. The predicted molar refractivity (Wildman–Crippen MR) is 144 cm³/mol. The highest BCUT2D eigenvalue weighted by Crippen LogP contribution is 2.40. The van der Waals surface area contributed by atoms with Crippen LogP contribution in [0.15, 0.2) is 83.5 Å². The number of para-hydroxylation sites is 2. The summed E-state index contributed by atoms with van der Waals surface area (Å²) in [5.41, 5.74) is 6.47. The highest BCUT2D eigenvalue weighted by molar-refractivity contribution is 6.09. The number of amides is 1. The van der Waals surface area contributed by atoms with Gasteiger partial charge in [0.1, 0.15) is 17.1 Å². The van der Waals surface area contributed by atoms with Crippen LogP contribution in [0.5, 0.6) is 11.5 Å². The van der Waals surface area contributed by atoms with Crippen molar-refractivity contribution in [2.75, 3.05) is 19.5 Å². The van der Waals surface area contributed by atoms with E-state index in [9.17, 15) is 4.79 Å². The van der Waals surface area contributed by atoms with Crippen molar-refractivity contribution in [1.82, 2.24) is 4.98 Å². The monoisotopic (exact) mass is 478 g/mol. The Hall–Kier alpha value is -4.58. The first kappa shape index (κ1) is 23.2. The summed E-state index contributed by atoms with van der Waals surface area (Å²) in [7, 11) is 3.25. The fourth-order valence-corrected chi connectivity index (χ4v) is 4.46. The van der Waals surface area contributed by atoms with Gasteiger partial charge in [0.05, 0.1) is 31.7 Å². The molecule has 0 atom stereocenters. The zero-order chi connectivity index (χ0) is 25.2. The van der Waals surface area contributed by atoms with E-state index in [1.165, 1.54) is 0 Å². The van der Waals surface area contributed by atoms with Gasteiger partial charge in [-0.05, 0) is 43.7 Å². The average Bonchev–Trinajstić information content (AvgIpc) is 3.30. The molecule has 0 spiro atoms. The van der Waals surface area contributed by atoms with Gasteiger partial charge in [0.15, 0.2) is 0 Å². The van der Waals surface area contributed by atoms with Gasteiger partial charge in [-0.25, -0.2) is 0 Å². The molecule has 5 rings (SSSR count). The molecule has 6 nitrogen and oxygen atoms in total. The number of benzene rings is 3. The maximum Gasteiger partial charge on any atom is 0.248 e. The molecule has 0 fully saturated rings. The van der Waals surface area contributed by atoms with Crippen LogP contribution in [-0.4, -0.2) is 25.1 Å². The molecule has 3 aromatic carbocycles. The quantitative estimate of drug-likeness (QED) is 0.266. The van der Waals surface area contributed by atoms with Crippen molar-refractivity contribution in [2.24, 2.45) is 0 Å². The summed E-state index contributed by atoms with van der Waals surface area (Å²) in [6, 6.07) is 21.3.